The second kappa shape index (κ2) is 9.56. The number of aromatic nitrogens is 4. The topological polar surface area (TPSA) is 93.1 Å². The Morgan fingerprint density at radius 1 is 0.800 bits per heavy atom. The van der Waals surface area contributed by atoms with Gasteiger partial charge in [-0.3, -0.25) is 14.9 Å². The Bertz CT molecular complexity index is 1480. The number of carbonyl (C=O) groups is 1. The summed E-state index contributed by atoms with van der Waals surface area (Å²) in [5, 5.41) is 2.93. The highest BCUT2D eigenvalue weighted by Crippen LogP contribution is 2.29. The van der Waals surface area contributed by atoms with Crippen molar-refractivity contribution in [2.24, 2.45) is 0 Å². The maximum absolute atomic E-state index is 12.9. The molecule has 8 nitrogen and oxygen atoms in total. The number of nitrogens with zero attached hydrogens (tertiary/aromatic N) is 5. The summed E-state index contributed by atoms with van der Waals surface area (Å²) in [6.45, 7) is 0. The van der Waals surface area contributed by atoms with E-state index in [9.17, 15) is 4.79 Å². The highest BCUT2D eigenvalue weighted by Gasteiger charge is 2.16. The van der Waals surface area contributed by atoms with Gasteiger partial charge in [-0.1, -0.05) is 12.1 Å². The molecule has 0 aliphatic heterocycles. The molecule has 8 heteroatoms. The monoisotopic (exact) mass is 462 g/mol. The largest absolute Gasteiger partial charge is 0.497 e. The number of hydrogen-bond acceptors (Lipinski definition) is 6. The third kappa shape index (κ3) is 4.63. The van der Waals surface area contributed by atoms with Crippen LogP contribution in [0.25, 0.3) is 33.8 Å². The van der Waals surface area contributed by atoms with Crippen LogP contribution in [-0.4, -0.2) is 40.1 Å². The lowest BCUT2D eigenvalue weighted by Gasteiger charge is -2.18. The summed E-state index contributed by atoms with van der Waals surface area (Å²) in [5.74, 6) is 0.726. The van der Waals surface area contributed by atoms with E-state index in [1.165, 1.54) is 4.90 Å². The van der Waals surface area contributed by atoms with Crippen LogP contribution in [0.5, 0.6) is 5.75 Å². The average Bonchev–Trinajstić information content (AvgIpc) is 2.93. The molecule has 0 unspecified atom stereocenters. The van der Waals surface area contributed by atoms with Gasteiger partial charge in [0.1, 0.15) is 17.1 Å². The lowest BCUT2D eigenvalue weighted by atomic mass is 10.1. The molecule has 3 heterocycles. The molecular weight excluding hydrogens is 440 g/mol. The fourth-order valence-corrected chi connectivity index (χ4v) is 3.63. The second-order valence-corrected chi connectivity index (χ2v) is 7.74. The van der Waals surface area contributed by atoms with Crippen LogP contribution in [0.2, 0.25) is 0 Å². The van der Waals surface area contributed by atoms with E-state index in [0.29, 0.717) is 39.5 Å². The van der Waals surface area contributed by atoms with E-state index in [0.717, 1.165) is 11.4 Å². The van der Waals surface area contributed by atoms with Crippen LogP contribution in [0.3, 0.4) is 0 Å². The van der Waals surface area contributed by atoms with Gasteiger partial charge in [0.15, 0.2) is 0 Å². The number of nitrogens with one attached hydrogen (secondary N) is 1. The Kier molecular flexibility index (Phi) is 6.00. The van der Waals surface area contributed by atoms with Gasteiger partial charge < -0.3 is 10.1 Å². The predicted octanol–water partition coefficient (Wildman–Crippen LogP) is 5.43. The van der Waals surface area contributed by atoms with E-state index < -0.39 is 0 Å². The fraction of sp³-hybridized carbons (Fsp3) is 0.0741. The number of methoxy groups -OCH3 is 1. The molecule has 0 radical (unpaired) electrons. The number of fused-ring (bicyclic) bond motifs is 1. The van der Waals surface area contributed by atoms with Crippen molar-refractivity contribution in [1.29, 1.82) is 0 Å². The van der Waals surface area contributed by atoms with Crippen LogP contribution in [-0.2, 0) is 0 Å². The van der Waals surface area contributed by atoms with Crippen LogP contribution in [0.1, 0.15) is 0 Å². The molecule has 5 rings (SSSR count). The molecule has 0 saturated carbocycles. The molecule has 0 spiro atoms. The number of rotatable bonds is 5. The van der Waals surface area contributed by atoms with Crippen molar-refractivity contribution in [2.45, 2.75) is 0 Å². The standard InChI is InChI=1S/C27H22N6O2/c1-33(19-10-12-20(35-2)13-11-19)27(34)30-18-9-14-21-24(17-18)32-26(23-8-4-6-16-29-23)25(31-21)22-7-3-5-15-28-22/h3-17H,1-2H3,(H,30,34). The zero-order valence-electron chi connectivity index (χ0n) is 19.2. The summed E-state index contributed by atoms with van der Waals surface area (Å²) in [4.78, 5) is 33.0. The lowest BCUT2D eigenvalue weighted by molar-refractivity contribution is 0.258. The first kappa shape index (κ1) is 22.0. The van der Waals surface area contributed by atoms with Gasteiger partial charge in [0.25, 0.3) is 0 Å². The molecule has 0 saturated heterocycles. The molecule has 0 atom stereocenters. The molecular formula is C27H22N6O2. The highest BCUT2D eigenvalue weighted by atomic mass is 16.5. The van der Waals surface area contributed by atoms with Gasteiger partial charge in [-0.2, -0.15) is 0 Å². The number of pyridine rings is 2. The minimum absolute atomic E-state index is 0.280. The summed E-state index contributed by atoms with van der Waals surface area (Å²) in [7, 11) is 3.31. The van der Waals surface area contributed by atoms with Crippen molar-refractivity contribution in [2.75, 3.05) is 24.4 Å². The maximum Gasteiger partial charge on any atom is 0.326 e. The van der Waals surface area contributed by atoms with E-state index >= 15 is 0 Å². The molecule has 172 valence electrons. The van der Waals surface area contributed by atoms with Crippen LogP contribution < -0.4 is 15.0 Å². The molecule has 0 aliphatic carbocycles. The minimum atomic E-state index is -0.280. The van der Waals surface area contributed by atoms with E-state index in [4.69, 9.17) is 14.7 Å². The third-order valence-electron chi connectivity index (χ3n) is 5.49. The van der Waals surface area contributed by atoms with Crippen molar-refractivity contribution >= 4 is 28.4 Å². The smallest absolute Gasteiger partial charge is 0.326 e. The first-order chi connectivity index (χ1) is 17.1. The van der Waals surface area contributed by atoms with Crippen molar-refractivity contribution < 1.29 is 9.53 Å². The Hall–Kier alpha value is -4.85. The molecule has 0 aliphatic rings. The molecule has 2 amide bonds. The zero-order chi connectivity index (χ0) is 24.2. The minimum Gasteiger partial charge on any atom is -0.497 e. The maximum atomic E-state index is 12.9. The van der Waals surface area contributed by atoms with Gasteiger partial charge in [-0.25, -0.2) is 14.8 Å². The molecule has 3 aromatic heterocycles. The number of carbonyl (C=O) groups excluding carboxylic acids is 1. The van der Waals surface area contributed by atoms with Crippen LogP contribution in [0.4, 0.5) is 16.2 Å². The first-order valence-corrected chi connectivity index (χ1v) is 11.0. The fourth-order valence-electron chi connectivity index (χ4n) is 3.63. The van der Waals surface area contributed by atoms with E-state index in [1.54, 1.807) is 38.7 Å². The van der Waals surface area contributed by atoms with Crippen molar-refractivity contribution in [3.63, 3.8) is 0 Å². The number of ether oxygens (including phenoxy) is 1. The summed E-state index contributed by atoms with van der Waals surface area (Å²) >= 11 is 0. The van der Waals surface area contributed by atoms with Crippen molar-refractivity contribution in [1.82, 2.24) is 19.9 Å². The average molecular weight is 463 g/mol. The van der Waals surface area contributed by atoms with Gasteiger partial charge >= 0.3 is 6.03 Å². The Morgan fingerprint density at radius 2 is 1.43 bits per heavy atom. The predicted molar refractivity (Wildman–Crippen MR) is 136 cm³/mol. The van der Waals surface area contributed by atoms with Crippen molar-refractivity contribution in [3.05, 3.63) is 91.3 Å². The van der Waals surface area contributed by atoms with Crippen LogP contribution in [0, 0.1) is 0 Å². The molecule has 0 fully saturated rings. The van der Waals surface area contributed by atoms with Crippen LogP contribution in [0.15, 0.2) is 91.3 Å². The Balaban J connectivity index is 1.49. The van der Waals surface area contributed by atoms with Gasteiger partial charge in [-0.05, 0) is 66.7 Å². The van der Waals surface area contributed by atoms with E-state index in [1.807, 2.05) is 66.7 Å². The number of hydrogen-bond donors (Lipinski definition) is 1. The molecule has 2 aromatic carbocycles. The van der Waals surface area contributed by atoms with Gasteiger partial charge in [0.2, 0.25) is 0 Å². The summed E-state index contributed by atoms with van der Waals surface area (Å²) < 4.78 is 5.18. The number of benzene rings is 2. The van der Waals surface area contributed by atoms with Gasteiger partial charge in [0.05, 0.1) is 29.5 Å². The zero-order valence-corrected chi connectivity index (χ0v) is 19.2. The first-order valence-electron chi connectivity index (χ1n) is 11.0. The summed E-state index contributed by atoms with van der Waals surface area (Å²) in [6, 6.07) is 23.7. The summed E-state index contributed by atoms with van der Waals surface area (Å²) in [5.41, 5.74) is 5.33. The van der Waals surface area contributed by atoms with Gasteiger partial charge in [-0.15, -0.1) is 0 Å². The second-order valence-electron chi connectivity index (χ2n) is 7.74. The molecule has 0 bridgehead atoms. The highest BCUT2D eigenvalue weighted by molar-refractivity contribution is 6.02. The van der Waals surface area contributed by atoms with Crippen molar-refractivity contribution in [3.8, 4) is 28.5 Å². The van der Waals surface area contributed by atoms with Gasteiger partial charge in [0, 0.05) is 30.8 Å². The quantitative estimate of drug-likeness (QED) is 0.374. The number of anilines is 2. The SMILES string of the molecule is COc1ccc(N(C)C(=O)Nc2ccc3nc(-c4ccccn4)c(-c4ccccn4)nc3c2)cc1. The van der Waals surface area contributed by atoms with E-state index in [2.05, 4.69) is 15.3 Å². The normalized spacial score (nSPS) is 10.7. The number of urea groups is 1. The third-order valence-corrected chi connectivity index (χ3v) is 5.49. The molecule has 35 heavy (non-hydrogen) atoms. The Morgan fingerprint density at radius 3 is 2.00 bits per heavy atom. The van der Waals surface area contributed by atoms with Crippen LogP contribution >= 0.6 is 0 Å². The summed E-state index contributed by atoms with van der Waals surface area (Å²) in [6.07, 6.45) is 3.44. The molecule has 5 aromatic rings. The molecule has 1 N–H and O–H groups in total. The van der Waals surface area contributed by atoms with E-state index in [-0.39, 0.29) is 6.03 Å². The lowest BCUT2D eigenvalue weighted by Crippen LogP contribution is -2.31. The number of amides is 2. The Labute approximate surface area is 202 Å².